The van der Waals surface area contributed by atoms with Crippen molar-refractivity contribution in [1.29, 1.82) is 0 Å². The van der Waals surface area contributed by atoms with Gasteiger partial charge in [-0.1, -0.05) is 40.0 Å². The summed E-state index contributed by atoms with van der Waals surface area (Å²) in [5.41, 5.74) is 2.21. The number of hydrogen-bond acceptors (Lipinski definition) is 2. The van der Waals surface area contributed by atoms with Gasteiger partial charge in [0.2, 0.25) is 0 Å². The van der Waals surface area contributed by atoms with Gasteiger partial charge in [0.1, 0.15) is 0 Å². The molecule has 0 aromatic heterocycles. The van der Waals surface area contributed by atoms with Crippen LogP contribution in [0, 0.1) is 0 Å². The molecule has 1 aliphatic heterocycles. The van der Waals surface area contributed by atoms with Crippen LogP contribution in [-0.2, 0) is 4.74 Å². The molecule has 0 radical (unpaired) electrons. The number of carbonyl (C=O) groups excluding carboxylic acids is 1. The van der Waals surface area contributed by atoms with Gasteiger partial charge in [-0.15, -0.1) is 0 Å². The van der Waals surface area contributed by atoms with Crippen molar-refractivity contribution in [2.45, 2.75) is 44.9 Å². The molecular weight excluding hydrogens is 243 g/mol. The Morgan fingerprint density at radius 3 is 2.50 bits per heavy atom. The lowest BCUT2D eigenvalue weighted by atomic mass is 10.2. The van der Waals surface area contributed by atoms with Crippen LogP contribution in [0.1, 0.15) is 44.0 Å². The molecule has 0 amide bonds. The minimum atomic E-state index is -0.227. The van der Waals surface area contributed by atoms with Crippen molar-refractivity contribution >= 4 is 19.2 Å². The largest absolute Gasteiger partial charge is 0.462 e. The first kappa shape index (κ1) is 13.5. The van der Waals surface area contributed by atoms with Crippen molar-refractivity contribution in [2.24, 2.45) is 0 Å². The highest BCUT2D eigenvalue weighted by atomic mass is 31.1. The fraction of sp³-hybridized carbons (Fsp3) is 0.533. The van der Waals surface area contributed by atoms with Gasteiger partial charge in [0.25, 0.3) is 0 Å². The van der Waals surface area contributed by atoms with E-state index in [0.717, 1.165) is 5.56 Å². The highest BCUT2D eigenvalue weighted by Gasteiger charge is 2.33. The summed E-state index contributed by atoms with van der Waals surface area (Å²) in [4.78, 5) is 12.0. The Morgan fingerprint density at radius 1 is 1.28 bits per heavy atom. The molecule has 1 saturated heterocycles. The van der Waals surface area contributed by atoms with E-state index in [0.29, 0.717) is 17.9 Å². The van der Waals surface area contributed by atoms with E-state index in [1.54, 1.807) is 0 Å². The van der Waals surface area contributed by atoms with E-state index in [4.69, 9.17) is 4.74 Å². The van der Waals surface area contributed by atoms with Crippen LogP contribution in [0.15, 0.2) is 24.3 Å². The predicted octanol–water partition coefficient (Wildman–Crippen LogP) is 3.54. The first-order valence-electron chi connectivity index (χ1n) is 6.69. The lowest BCUT2D eigenvalue weighted by Crippen LogP contribution is -2.20. The van der Waals surface area contributed by atoms with Gasteiger partial charge in [0.05, 0.1) is 12.2 Å². The minimum absolute atomic E-state index is 0.165. The highest BCUT2D eigenvalue weighted by Crippen LogP contribution is 2.54. The SMILES string of the molecule is CCOC(=O)c1ccccc1P1[C@H](C)CC[C@H]1C. The minimum Gasteiger partial charge on any atom is -0.462 e. The first-order chi connectivity index (χ1) is 8.65. The molecule has 1 aromatic carbocycles. The summed E-state index contributed by atoms with van der Waals surface area (Å²) in [7, 11) is -0.227. The van der Waals surface area contributed by atoms with Crippen LogP contribution in [0.25, 0.3) is 0 Å². The van der Waals surface area contributed by atoms with Gasteiger partial charge in [-0.2, -0.15) is 0 Å². The summed E-state index contributed by atoms with van der Waals surface area (Å²) in [6.45, 7) is 6.93. The van der Waals surface area contributed by atoms with Crippen molar-refractivity contribution in [3.63, 3.8) is 0 Å². The Bertz CT molecular complexity index is 420. The standard InChI is InChI=1S/C15H21O2P/c1-4-17-15(16)13-7-5-6-8-14(13)18-11(2)9-10-12(18)3/h5-8,11-12H,4,9-10H2,1-3H3/t11-,12-/m1/s1. The molecular formula is C15H21O2P. The van der Waals surface area contributed by atoms with Crippen molar-refractivity contribution in [3.8, 4) is 0 Å². The highest BCUT2D eigenvalue weighted by molar-refractivity contribution is 7.67. The molecule has 0 saturated carbocycles. The fourth-order valence-corrected chi connectivity index (χ4v) is 6.13. The van der Waals surface area contributed by atoms with Crippen LogP contribution < -0.4 is 5.30 Å². The molecule has 18 heavy (non-hydrogen) atoms. The molecule has 2 rings (SSSR count). The summed E-state index contributed by atoms with van der Waals surface area (Å²) in [5, 5.41) is 1.24. The molecule has 3 heteroatoms. The van der Waals surface area contributed by atoms with Crippen LogP contribution in [-0.4, -0.2) is 23.9 Å². The van der Waals surface area contributed by atoms with Crippen LogP contribution in [0.4, 0.5) is 0 Å². The third-order valence-corrected chi connectivity index (χ3v) is 6.99. The van der Waals surface area contributed by atoms with Crippen LogP contribution in [0.5, 0.6) is 0 Å². The molecule has 0 aliphatic carbocycles. The Morgan fingerprint density at radius 2 is 1.89 bits per heavy atom. The summed E-state index contributed by atoms with van der Waals surface area (Å²) >= 11 is 0. The molecule has 0 bridgehead atoms. The van der Waals surface area contributed by atoms with E-state index in [1.807, 2.05) is 25.1 Å². The van der Waals surface area contributed by atoms with Gasteiger partial charge in [0, 0.05) is 0 Å². The van der Waals surface area contributed by atoms with Crippen molar-refractivity contribution in [1.82, 2.24) is 0 Å². The quantitative estimate of drug-likeness (QED) is 0.616. The van der Waals surface area contributed by atoms with Gasteiger partial charge in [0.15, 0.2) is 0 Å². The van der Waals surface area contributed by atoms with Gasteiger partial charge in [-0.3, -0.25) is 0 Å². The molecule has 98 valence electrons. The predicted molar refractivity (Wildman–Crippen MR) is 77.1 cm³/mol. The lowest BCUT2D eigenvalue weighted by Gasteiger charge is -2.23. The zero-order valence-corrected chi connectivity index (χ0v) is 12.2. The van der Waals surface area contributed by atoms with E-state index < -0.39 is 0 Å². The maximum Gasteiger partial charge on any atom is 0.338 e. The summed E-state index contributed by atoms with van der Waals surface area (Å²) in [5.74, 6) is -0.165. The lowest BCUT2D eigenvalue weighted by molar-refractivity contribution is 0.0528. The number of hydrogen-bond donors (Lipinski definition) is 0. The van der Waals surface area contributed by atoms with Crippen LogP contribution >= 0.6 is 7.92 Å². The van der Waals surface area contributed by atoms with E-state index in [1.165, 1.54) is 18.1 Å². The number of rotatable bonds is 3. The molecule has 0 unspecified atom stereocenters. The monoisotopic (exact) mass is 264 g/mol. The molecule has 2 atom stereocenters. The topological polar surface area (TPSA) is 26.3 Å². The third-order valence-electron chi connectivity index (χ3n) is 3.63. The average Bonchev–Trinajstić information content (AvgIpc) is 2.69. The second-order valence-corrected chi connectivity index (χ2v) is 7.98. The Labute approximate surface area is 110 Å². The summed E-state index contributed by atoms with van der Waals surface area (Å²) in [6, 6.07) is 8.00. The Hall–Kier alpha value is -0.880. The van der Waals surface area contributed by atoms with E-state index in [2.05, 4.69) is 19.9 Å². The van der Waals surface area contributed by atoms with Crippen molar-refractivity contribution < 1.29 is 9.53 Å². The second kappa shape index (κ2) is 5.84. The second-order valence-electron chi connectivity index (χ2n) is 4.92. The molecule has 2 nitrogen and oxygen atoms in total. The number of esters is 1. The number of ether oxygens (including phenoxy) is 1. The summed E-state index contributed by atoms with van der Waals surface area (Å²) in [6.07, 6.45) is 2.56. The molecule has 0 N–H and O–H groups in total. The van der Waals surface area contributed by atoms with Crippen LogP contribution in [0.3, 0.4) is 0 Å². The number of carbonyl (C=O) groups is 1. The van der Waals surface area contributed by atoms with Gasteiger partial charge in [-0.25, -0.2) is 4.79 Å². The normalized spacial score (nSPS) is 24.2. The molecule has 1 aliphatic rings. The zero-order chi connectivity index (χ0) is 13.1. The third kappa shape index (κ3) is 2.59. The van der Waals surface area contributed by atoms with Crippen molar-refractivity contribution in [3.05, 3.63) is 29.8 Å². The van der Waals surface area contributed by atoms with Crippen LogP contribution in [0.2, 0.25) is 0 Å². The Balaban J connectivity index is 2.35. The van der Waals surface area contributed by atoms with Gasteiger partial charge < -0.3 is 4.74 Å². The smallest absolute Gasteiger partial charge is 0.338 e. The average molecular weight is 264 g/mol. The summed E-state index contributed by atoms with van der Waals surface area (Å²) < 4.78 is 5.17. The van der Waals surface area contributed by atoms with Gasteiger partial charge >= 0.3 is 5.97 Å². The molecule has 1 fully saturated rings. The fourth-order valence-electron chi connectivity index (χ4n) is 2.75. The molecule has 1 heterocycles. The maximum absolute atomic E-state index is 12.0. The molecule has 0 spiro atoms. The number of benzene rings is 1. The maximum atomic E-state index is 12.0. The van der Waals surface area contributed by atoms with E-state index in [9.17, 15) is 4.79 Å². The van der Waals surface area contributed by atoms with E-state index >= 15 is 0 Å². The first-order valence-corrected chi connectivity index (χ1v) is 8.17. The zero-order valence-electron chi connectivity index (χ0n) is 11.3. The Kier molecular flexibility index (Phi) is 4.40. The van der Waals surface area contributed by atoms with Gasteiger partial charge in [-0.05, 0) is 42.5 Å². The van der Waals surface area contributed by atoms with Crippen molar-refractivity contribution in [2.75, 3.05) is 6.61 Å². The van der Waals surface area contributed by atoms with E-state index in [-0.39, 0.29) is 13.9 Å². The molecule has 1 aromatic rings.